The number of hydrogen-bond donors (Lipinski definition) is 1. The van der Waals surface area contributed by atoms with E-state index in [0.29, 0.717) is 0 Å². The van der Waals surface area contributed by atoms with Crippen molar-refractivity contribution < 1.29 is 0 Å². The van der Waals surface area contributed by atoms with Gasteiger partial charge in [-0.25, -0.2) is 0 Å². The summed E-state index contributed by atoms with van der Waals surface area (Å²) in [6, 6.07) is 0. The first-order chi connectivity index (χ1) is 7.84. The van der Waals surface area contributed by atoms with Crippen LogP contribution < -0.4 is 5.32 Å². The maximum absolute atomic E-state index is 4.17. The first-order valence-electron chi connectivity index (χ1n) is 6.14. The summed E-state index contributed by atoms with van der Waals surface area (Å²) in [4.78, 5) is 0. The summed E-state index contributed by atoms with van der Waals surface area (Å²) in [5.74, 6) is 1.36. The second-order valence-electron chi connectivity index (χ2n) is 4.46. The summed E-state index contributed by atoms with van der Waals surface area (Å²) < 4.78 is 1.87. The van der Waals surface area contributed by atoms with E-state index < -0.39 is 0 Å². The lowest BCUT2D eigenvalue weighted by molar-refractivity contribution is 0.598. The zero-order valence-corrected chi connectivity index (χ0v) is 10.8. The summed E-state index contributed by atoms with van der Waals surface area (Å²) in [7, 11) is 1.97. The van der Waals surface area contributed by atoms with Crippen LogP contribution in [0, 0.1) is 0 Å². The predicted octanol–water partition coefficient (Wildman–Crippen LogP) is 1.84. The molecule has 90 valence electrons. The lowest BCUT2D eigenvalue weighted by Gasteiger charge is -2.21. The Kier molecular flexibility index (Phi) is 4.72. The van der Waals surface area contributed by atoms with E-state index in [0.717, 1.165) is 18.2 Å². The van der Waals surface area contributed by atoms with Gasteiger partial charge in [0.2, 0.25) is 0 Å². The molecular formula is C12H21N3S. The molecule has 0 aromatic carbocycles. The van der Waals surface area contributed by atoms with Crippen LogP contribution in [0.25, 0.3) is 0 Å². The second kappa shape index (κ2) is 6.30. The Hall–Kier alpha value is -0.480. The molecule has 0 amide bonds. The summed E-state index contributed by atoms with van der Waals surface area (Å²) in [6.45, 7) is 2.24. The van der Waals surface area contributed by atoms with Crippen molar-refractivity contribution in [3.8, 4) is 0 Å². The Morgan fingerprint density at radius 2 is 2.50 bits per heavy atom. The number of nitrogens with one attached hydrogen (secondary N) is 1. The highest BCUT2D eigenvalue weighted by molar-refractivity contribution is 7.99. The van der Waals surface area contributed by atoms with Gasteiger partial charge in [-0.05, 0) is 37.1 Å². The van der Waals surface area contributed by atoms with Gasteiger partial charge < -0.3 is 5.32 Å². The number of hydrogen-bond acceptors (Lipinski definition) is 3. The molecule has 3 nitrogen and oxygen atoms in total. The van der Waals surface area contributed by atoms with Crippen molar-refractivity contribution in [2.24, 2.45) is 7.05 Å². The number of aryl methyl sites for hydroxylation is 1. The summed E-state index contributed by atoms with van der Waals surface area (Å²) in [5.41, 5.74) is 1.33. The molecule has 1 unspecified atom stereocenters. The Morgan fingerprint density at radius 3 is 3.19 bits per heavy atom. The molecule has 16 heavy (non-hydrogen) atoms. The minimum atomic E-state index is 0.850. The van der Waals surface area contributed by atoms with E-state index in [9.17, 15) is 0 Å². The second-order valence-corrected chi connectivity index (χ2v) is 5.87. The smallest absolute Gasteiger partial charge is 0.0522 e. The molecule has 1 fully saturated rings. The minimum Gasteiger partial charge on any atom is -0.315 e. The molecule has 1 saturated heterocycles. The highest BCUT2D eigenvalue weighted by Crippen LogP contribution is 2.24. The minimum absolute atomic E-state index is 0.850. The lowest BCUT2D eigenvalue weighted by atomic mass is 10.2. The summed E-state index contributed by atoms with van der Waals surface area (Å²) >= 11 is 2.13. The fourth-order valence-corrected chi connectivity index (χ4v) is 3.34. The molecule has 1 N–H and O–H groups in total. The van der Waals surface area contributed by atoms with Crippen LogP contribution >= 0.6 is 11.8 Å². The number of thioether (sulfide) groups is 1. The van der Waals surface area contributed by atoms with Crippen molar-refractivity contribution in [3.63, 3.8) is 0 Å². The van der Waals surface area contributed by atoms with Crippen molar-refractivity contribution in [3.05, 3.63) is 18.0 Å². The van der Waals surface area contributed by atoms with Crippen LogP contribution in [-0.2, 0) is 13.5 Å². The zero-order valence-electron chi connectivity index (χ0n) is 9.98. The molecule has 1 atom stereocenters. The van der Waals surface area contributed by atoms with E-state index in [1.807, 2.05) is 17.9 Å². The van der Waals surface area contributed by atoms with Crippen molar-refractivity contribution in [2.45, 2.75) is 30.9 Å². The van der Waals surface area contributed by atoms with Crippen LogP contribution in [-0.4, -0.2) is 33.9 Å². The van der Waals surface area contributed by atoms with Gasteiger partial charge in [0.05, 0.1) is 6.20 Å². The largest absolute Gasteiger partial charge is 0.315 e. The summed E-state index contributed by atoms with van der Waals surface area (Å²) in [5, 5.41) is 8.57. The van der Waals surface area contributed by atoms with E-state index >= 15 is 0 Å². The molecule has 0 spiro atoms. The number of rotatable bonds is 5. The van der Waals surface area contributed by atoms with Gasteiger partial charge in [0.1, 0.15) is 0 Å². The van der Waals surface area contributed by atoms with Crippen LogP contribution in [0.5, 0.6) is 0 Å². The average molecular weight is 239 g/mol. The Balaban J connectivity index is 1.57. The Bertz CT molecular complexity index is 305. The number of nitrogens with zero attached hydrogens (tertiary/aromatic N) is 2. The summed E-state index contributed by atoms with van der Waals surface area (Å²) in [6.07, 6.45) is 9.36. The molecule has 2 rings (SSSR count). The maximum Gasteiger partial charge on any atom is 0.0522 e. The molecule has 1 aliphatic rings. The van der Waals surface area contributed by atoms with E-state index in [1.165, 1.54) is 37.1 Å². The third-order valence-corrected chi connectivity index (χ3v) is 4.39. The topological polar surface area (TPSA) is 29.9 Å². The zero-order chi connectivity index (χ0) is 11.2. The Labute approximate surface area is 102 Å². The van der Waals surface area contributed by atoms with Gasteiger partial charge in [-0.2, -0.15) is 16.9 Å². The van der Waals surface area contributed by atoms with E-state index in [4.69, 9.17) is 0 Å². The molecule has 2 heterocycles. The van der Waals surface area contributed by atoms with Crippen molar-refractivity contribution in [1.82, 2.24) is 15.1 Å². The monoisotopic (exact) mass is 239 g/mol. The first kappa shape index (κ1) is 12.0. The quantitative estimate of drug-likeness (QED) is 0.795. The third-order valence-electron chi connectivity index (χ3n) is 2.99. The van der Waals surface area contributed by atoms with Crippen LogP contribution in [0.4, 0.5) is 0 Å². The highest BCUT2D eigenvalue weighted by Gasteiger charge is 2.12. The van der Waals surface area contributed by atoms with E-state index in [-0.39, 0.29) is 0 Å². The predicted molar refractivity (Wildman–Crippen MR) is 69.9 cm³/mol. The van der Waals surface area contributed by atoms with Crippen molar-refractivity contribution >= 4 is 11.8 Å². The molecule has 0 radical (unpaired) electrons. The third kappa shape index (κ3) is 3.83. The normalized spacial score (nSPS) is 21.2. The van der Waals surface area contributed by atoms with Gasteiger partial charge in [-0.3, -0.25) is 4.68 Å². The highest BCUT2D eigenvalue weighted by atomic mass is 32.2. The molecule has 1 aromatic rings. The molecule has 1 aromatic heterocycles. The molecule has 4 heteroatoms. The first-order valence-corrected chi connectivity index (χ1v) is 7.19. The van der Waals surface area contributed by atoms with Crippen LogP contribution in [0.2, 0.25) is 0 Å². The molecule has 0 bridgehead atoms. The van der Waals surface area contributed by atoms with Crippen LogP contribution in [0.3, 0.4) is 0 Å². The molecule has 0 aliphatic carbocycles. The van der Waals surface area contributed by atoms with E-state index in [1.54, 1.807) is 0 Å². The molecular weight excluding hydrogens is 218 g/mol. The standard InChI is InChI=1S/C12H21N3S/c1-15-10-11(8-14-15)5-6-13-9-12-4-2-3-7-16-12/h8,10,12-13H,2-7,9H2,1H3. The SMILES string of the molecule is Cn1cc(CCNCC2CCCCS2)cn1. The fourth-order valence-electron chi connectivity index (χ4n) is 2.07. The molecule has 1 aliphatic heterocycles. The Morgan fingerprint density at radius 1 is 1.56 bits per heavy atom. The number of aromatic nitrogens is 2. The van der Waals surface area contributed by atoms with Gasteiger partial charge >= 0.3 is 0 Å². The van der Waals surface area contributed by atoms with Crippen molar-refractivity contribution in [1.29, 1.82) is 0 Å². The van der Waals surface area contributed by atoms with Gasteiger partial charge in [-0.1, -0.05) is 6.42 Å². The average Bonchev–Trinajstić information content (AvgIpc) is 2.72. The van der Waals surface area contributed by atoms with Gasteiger partial charge in [0.15, 0.2) is 0 Å². The van der Waals surface area contributed by atoms with Crippen LogP contribution in [0.15, 0.2) is 12.4 Å². The fraction of sp³-hybridized carbons (Fsp3) is 0.750. The van der Waals surface area contributed by atoms with Gasteiger partial charge in [0, 0.05) is 25.0 Å². The van der Waals surface area contributed by atoms with E-state index in [2.05, 4.69) is 28.4 Å². The van der Waals surface area contributed by atoms with Gasteiger partial charge in [0.25, 0.3) is 0 Å². The van der Waals surface area contributed by atoms with Crippen LogP contribution in [0.1, 0.15) is 24.8 Å². The molecule has 0 saturated carbocycles. The van der Waals surface area contributed by atoms with Gasteiger partial charge in [-0.15, -0.1) is 0 Å². The van der Waals surface area contributed by atoms with Crippen molar-refractivity contribution in [2.75, 3.05) is 18.8 Å². The maximum atomic E-state index is 4.17. The lowest BCUT2D eigenvalue weighted by Crippen LogP contribution is -2.28.